The molecule has 0 aromatic heterocycles. The first-order chi connectivity index (χ1) is 3.29. The molecule has 0 amide bonds. The highest BCUT2D eigenvalue weighted by Gasteiger charge is 2.48. The zero-order valence-electron chi connectivity index (χ0n) is 4.31. The molecule has 0 unspecified atom stereocenters. The molecule has 1 radical (unpaired) electrons. The van der Waals surface area contributed by atoms with Gasteiger partial charge in [0.1, 0.15) is 0 Å². The number of ether oxygens (including phenoxy) is 1. The number of hydrogen-bond donors (Lipinski definition) is 0. The molecule has 3 aliphatic rings. The van der Waals surface area contributed by atoms with Crippen LogP contribution in [0.2, 0.25) is 0 Å². The van der Waals surface area contributed by atoms with Gasteiger partial charge in [0.05, 0.1) is 12.2 Å². The van der Waals surface area contributed by atoms with Crippen molar-refractivity contribution < 1.29 is 4.74 Å². The second-order valence-electron chi connectivity index (χ2n) is 2.77. The van der Waals surface area contributed by atoms with E-state index in [2.05, 4.69) is 6.92 Å². The molecule has 0 aromatic rings. The molecule has 1 nitrogen and oxygen atoms in total. The smallest absolute Gasteiger partial charge is 0.0690 e. The molecule has 0 N–H and O–H groups in total. The lowest BCUT2D eigenvalue weighted by molar-refractivity contribution is 0.0460. The van der Waals surface area contributed by atoms with Gasteiger partial charge in [-0.2, -0.15) is 0 Å². The molecule has 1 saturated carbocycles. The molecular formula is C6H9O. The van der Waals surface area contributed by atoms with Gasteiger partial charge >= 0.3 is 0 Å². The third kappa shape index (κ3) is 0.367. The van der Waals surface area contributed by atoms with E-state index in [4.69, 9.17) is 4.74 Å². The SMILES string of the molecule is [CH2]C12CC(CO1)C2. The summed E-state index contributed by atoms with van der Waals surface area (Å²) < 4.78 is 5.30. The highest BCUT2D eigenvalue weighted by atomic mass is 16.5. The summed E-state index contributed by atoms with van der Waals surface area (Å²) in [6, 6.07) is 0. The van der Waals surface area contributed by atoms with Gasteiger partial charge in [-0.1, -0.05) is 0 Å². The summed E-state index contributed by atoms with van der Waals surface area (Å²) in [6.07, 6.45) is 2.43. The molecule has 3 fully saturated rings. The maximum atomic E-state index is 5.30. The van der Waals surface area contributed by atoms with Gasteiger partial charge in [0.25, 0.3) is 0 Å². The van der Waals surface area contributed by atoms with Crippen LogP contribution in [-0.4, -0.2) is 12.2 Å². The molecule has 0 atom stereocenters. The van der Waals surface area contributed by atoms with Crippen LogP contribution in [0.15, 0.2) is 0 Å². The van der Waals surface area contributed by atoms with Crippen molar-refractivity contribution in [3.05, 3.63) is 6.92 Å². The maximum absolute atomic E-state index is 5.30. The predicted molar refractivity (Wildman–Crippen MR) is 26.8 cm³/mol. The lowest BCUT2D eigenvalue weighted by Crippen LogP contribution is -2.32. The molecule has 2 bridgehead atoms. The molecule has 3 rings (SSSR count). The van der Waals surface area contributed by atoms with Crippen molar-refractivity contribution in [2.24, 2.45) is 5.92 Å². The van der Waals surface area contributed by atoms with E-state index < -0.39 is 0 Å². The van der Waals surface area contributed by atoms with Crippen LogP contribution in [0.1, 0.15) is 12.8 Å². The van der Waals surface area contributed by atoms with Crippen molar-refractivity contribution in [2.45, 2.75) is 18.4 Å². The number of rotatable bonds is 0. The Morgan fingerprint density at radius 3 is 2.43 bits per heavy atom. The van der Waals surface area contributed by atoms with Gasteiger partial charge in [-0.25, -0.2) is 0 Å². The van der Waals surface area contributed by atoms with Crippen LogP contribution in [0.5, 0.6) is 0 Å². The Bertz CT molecular complexity index is 86.8. The second kappa shape index (κ2) is 0.873. The first-order valence-electron chi connectivity index (χ1n) is 2.78. The van der Waals surface area contributed by atoms with Crippen LogP contribution >= 0.6 is 0 Å². The monoisotopic (exact) mass is 97.1 g/mol. The van der Waals surface area contributed by atoms with Gasteiger partial charge < -0.3 is 4.74 Å². The van der Waals surface area contributed by atoms with Crippen molar-refractivity contribution in [1.29, 1.82) is 0 Å². The average Bonchev–Trinajstić information content (AvgIpc) is 1.88. The van der Waals surface area contributed by atoms with Crippen molar-refractivity contribution in [2.75, 3.05) is 6.61 Å². The Kier molecular flexibility index (Phi) is 0.487. The van der Waals surface area contributed by atoms with E-state index in [1.165, 1.54) is 12.8 Å². The first-order valence-corrected chi connectivity index (χ1v) is 2.78. The van der Waals surface area contributed by atoms with Crippen LogP contribution in [0.3, 0.4) is 0 Å². The van der Waals surface area contributed by atoms with Crippen molar-refractivity contribution in [3.8, 4) is 0 Å². The molecule has 1 aliphatic carbocycles. The highest BCUT2D eigenvalue weighted by molar-refractivity contribution is 5.03. The summed E-state index contributed by atoms with van der Waals surface area (Å²) >= 11 is 0. The summed E-state index contributed by atoms with van der Waals surface area (Å²) in [6.45, 7) is 4.89. The number of fused-ring (bicyclic) bond motifs is 1. The van der Waals surface area contributed by atoms with Crippen molar-refractivity contribution in [3.63, 3.8) is 0 Å². The van der Waals surface area contributed by atoms with Gasteiger partial charge in [-0.15, -0.1) is 0 Å². The number of hydrogen-bond acceptors (Lipinski definition) is 1. The van der Waals surface area contributed by atoms with E-state index in [0.29, 0.717) is 0 Å². The predicted octanol–water partition coefficient (Wildman–Crippen LogP) is 0.999. The summed E-state index contributed by atoms with van der Waals surface area (Å²) in [5.74, 6) is 0.873. The molecule has 39 valence electrons. The van der Waals surface area contributed by atoms with Crippen LogP contribution in [0.4, 0.5) is 0 Å². The zero-order valence-corrected chi connectivity index (χ0v) is 4.31. The van der Waals surface area contributed by atoms with E-state index in [1.54, 1.807) is 0 Å². The van der Waals surface area contributed by atoms with Gasteiger partial charge in [-0.05, 0) is 25.7 Å². The Morgan fingerprint density at radius 1 is 1.57 bits per heavy atom. The van der Waals surface area contributed by atoms with E-state index in [9.17, 15) is 0 Å². The standard InChI is InChI=1S/C6H9O/c1-6-2-5(3-6)4-7-6/h5H,1-4H2. The van der Waals surface area contributed by atoms with Crippen LogP contribution in [0.25, 0.3) is 0 Å². The lowest BCUT2D eigenvalue weighted by Gasteiger charge is -2.31. The average molecular weight is 97.1 g/mol. The van der Waals surface area contributed by atoms with Crippen LogP contribution in [0, 0.1) is 12.8 Å². The maximum Gasteiger partial charge on any atom is 0.0690 e. The van der Waals surface area contributed by atoms with Gasteiger partial charge in [0, 0.05) is 0 Å². The summed E-state index contributed by atoms with van der Waals surface area (Å²) in [4.78, 5) is 0. The second-order valence-corrected chi connectivity index (χ2v) is 2.77. The molecule has 2 heterocycles. The topological polar surface area (TPSA) is 9.23 Å². The molecule has 0 spiro atoms. The van der Waals surface area contributed by atoms with E-state index >= 15 is 0 Å². The lowest BCUT2D eigenvalue weighted by atomic mass is 9.76. The molecule has 7 heavy (non-hydrogen) atoms. The normalized spacial score (nSPS) is 57.0. The van der Waals surface area contributed by atoms with Gasteiger partial charge in [0.15, 0.2) is 0 Å². The summed E-state index contributed by atoms with van der Waals surface area (Å²) in [5, 5.41) is 0. The first kappa shape index (κ1) is 3.90. The largest absolute Gasteiger partial charge is 0.375 e. The van der Waals surface area contributed by atoms with E-state index in [-0.39, 0.29) is 5.60 Å². The van der Waals surface area contributed by atoms with Crippen molar-refractivity contribution >= 4 is 0 Å². The van der Waals surface area contributed by atoms with Gasteiger partial charge in [0.2, 0.25) is 0 Å². The molecule has 2 aliphatic heterocycles. The molecule has 0 aromatic carbocycles. The van der Waals surface area contributed by atoms with Crippen LogP contribution in [-0.2, 0) is 4.74 Å². The summed E-state index contributed by atoms with van der Waals surface area (Å²) in [5.41, 5.74) is 0.0880. The Labute approximate surface area is 43.7 Å². The van der Waals surface area contributed by atoms with Crippen molar-refractivity contribution in [1.82, 2.24) is 0 Å². The minimum atomic E-state index is 0.0880. The Balaban J connectivity index is 2.20. The van der Waals surface area contributed by atoms with E-state index in [1.807, 2.05) is 0 Å². The minimum Gasteiger partial charge on any atom is -0.375 e. The fourth-order valence-corrected chi connectivity index (χ4v) is 1.52. The third-order valence-corrected chi connectivity index (χ3v) is 1.95. The van der Waals surface area contributed by atoms with Gasteiger partial charge in [-0.3, -0.25) is 0 Å². The molecule has 2 saturated heterocycles. The third-order valence-electron chi connectivity index (χ3n) is 1.95. The Morgan fingerprint density at radius 2 is 2.29 bits per heavy atom. The summed E-state index contributed by atoms with van der Waals surface area (Å²) in [7, 11) is 0. The fourth-order valence-electron chi connectivity index (χ4n) is 1.52. The molecular weight excluding hydrogens is 88.1 g/mol. The fraction of sp³-hybridized carbons (Fsp3) is 0.833. The minimum absolute atomic E-state index is 0.0880. The van der Waals surface area contributed by atoms with E-state index in [0.717, 1.165) is 12.5 Å². The quantitative estimate of drug-likeness (QED) is 0.438. The highest BCUT2D eigenvalue weighted by Crippen LogP contribution is 2.47. The zero-order chi connectivity index (χ0) is 4.91. The Hall–Kier alpha value is -0.0400. The molecule has 1 heteroatoms. The van der Waals surface area contributed by atoms with Crippen LogP contribution < -0.4 is 0 Å².